The van der Waals surface area contributed by atoms with Crippen LogP contribution in [0, 0.1) is 11.8 Å². The summed E-state index contributed by atoms with van der Waals surface area (Å²) in [6.45, 7) is 0.522. The van der Waals surface area contributed by atoms with Crippen molar-refractivity contribution in [3.63, 3.8) is 0 Å². The minimum atomic E-state index is -3.91. The zero-order valence-electron chi connectivity index (χ0n) is 18.2. The number of amides is 1. The lowest BCUT2D eigenvalue weighted by molar-refractivity contribution is 0.102. The average Bonchev–Trinajstić information content (AvgIpc) is 3.41. The second kappa shape index (κ2) is 9.16. The first-order valence-corrected chi connectivity index (χ1v) is 13.2. The number of benzene rings is 1. The number of pyridine rings is 1. The number of rotatable bonds is 5. The second-order valence-electron chi connectivity index (χ2n) is 8.80. The van der Waals surface area contributed by atoms with Crippen LogP contribution >= 0.6 is 23.2 Å². The number of anilines is 2. The molecule has 2 aliphatic heterocycles. The van der Waals surface area contributed by atoms with Gasteiger partial charge in [0.25, 0.3) is 5.91 Å². The first-order valence-electron chi connectivity index (χ1n) is 11.1. The zero-order valence-corrected chi connectivity index (χ0v) is 20.5. The van der Waals surface area contributed by atoms with Crippen molar-refractivity contribution in [1.82, 2.24) is 9.29 Å². The molecule has 1 amide bonds. The Morgan fingerprint density at radius 1 is 1.12 bits per heavy atom. The van der Waals surface area contributed by atoms with Crippen LogP contribution in [0.3, 0.4) is 0 Å². The molecule has 1 aromatic carbocycles. The lowest BCUT2D eigenvalue weighted by atomic mass is 10.0. The molecule has 34 heavy (non-hydrogen) atoms. The number of fused-ring (bicyclic) bond motifs is 2. The van der Waals surface area contributed by atoms with Crippen molar-refractivity contribution in [1.29, 1.82) is 0 Å². The van der Waals surface area contributed by atoms with Crippen molar-refractivity contribution < 1.29 is 23.1 Å². The van der Waals surface area contributed by atoms with Gasteiger partial charge in [0, 0.05) is 13.1 Å². The van der Waals surface area contributed by atoms with Crippen molar-refractivity contribution in [3.05, 3.63) is 45.9 Å². The zero-order chi connectivity index (χ0) is 24.0. The van der Waals surface area contributed by atoms with Gasteiger partial charge in [-0.2, -0.15) is 12.7 Å². The van der Waals surface area contributed by atoms with Crippen LogP contribution in [-0.2, 0) is 10.2 Å². The first-order chi connectivity index (χ1) is 16.3. The molecule has 3 atom stereocenters. The quantitative estimate of drug-likeness (QED) is 0.618. The van der Waals surface area contributed by atoms with Gasteiger partial charge in [-0.15, -0.1) is 0 Å². The van der Waals surface area contributed by atoms with Crippen LogP contribution in [-0.4, -0.2) is 61.1 Å². The largest absolute Gasteiger partial charge is 0.482 e. The monoisotopic (exact) mass is 526 g/mol. The molecule has 3 heterocycles. The van der Waals surface area contributed by atoms with Gasteiger partial charge in [0.2, 0.25) is 0 Å². The molecule has 1 saturated carbocycles. The summed E-state index contributed by atoms with van der Waals surface area (Å²) in [5.74, 6) is 0.566. The van der Waals surface area contributed by atoms with Gasteiger partial charge < -0.3 is 15.2 Å². The number of halogens is 2. The van der Waals surface area contributed by atoms with Gasteiger partial charge in [-0.25, -0.2) is 9.29 Å². The van der Waals surface area contributed by atoms with Crippen LogP contribution in [0.1, 0.15) is 29.6 Å². The number of aliphatic hydroxyl groups is 1. The Kier molecular flexibility index (Phi) is 6.36. The van der Waals surface area contributed by atoms with Crippen LogP contribution < -0.4 is 14.4 Å². The third kappa shape index (κ3) is 4.22. The molecule has 2 aromatic rings. The predicted molar refractivity (Wildman–Crippen MR) is 129 cm³/mol. The Labute approximate surface area is 207 Å². The highest BCUT2D eigenvalue weighted by Gasteiger charge is 2.45. The summed E-state index contributed by atoms with van der Waals surface area (Å²) in [7, 11) is -3.91. The first kappa shape index (κ1) is 23.6. The van der Waals surface area contributed by atoms with E-state index < -0.39 is 22.2 Å². The summed E-state index contributed by atoms with van der Waals surface area (Å²) >= 11 is 12.3. The molecule has 5 rings (SSSR count). The van der Waals surface area contributed by atoms with Gasteiger partial charge in [-0.3, -0.25) is 4.79 Å². The minimum absolute atomic E-state index is 0.0600. The normalized spacial score (nSPS) is 24.4. The molecule has 2 fully saturated rings. The van der Waals surface area contributed by atoms with Crippen molar-refractivity contribution >= 4 is 51.0 Å². The van der Waals surface area contributed by atoms with Crippen molar-refractivity contribution in [2.24, 2.45) is 11.8 Å². The van der Waals surface area contributed by atoms with E-state index >= 15 is 0 Å². The van der Waals surface area contributed by atoms with Gasteiger partial charge in [-0.1, -0.05) is 35.7 Å². The fourth-order valence-electron chi connectivity index (χ4n) is 4.98. The van der Waals surface area contributed by atoms with E-state index in [1.165, 1.54) is 20.7 Å². The van der Waals surface area contributed by atoms with Crippen LogP contribution in [0.4, 0.5) is 11.6 Å². The number of ether oxygens (including phenoxy) is 1. The van der Waals surface area contributed by atoms with E-state index in [9.17, 15) is 18.3 Å². The van der Waals surface area contributed by atoms with Crippen molar-refractivity contribution in [2.45, 2.75) is 25.4 Å². The smallest absolute Gasteiger partial charge is 0.305 e. The molecule has 12 heteroatoms. The second-order valence-corrected chi connectivity index (χ2v) is 11.5. The molecule has 0 unspecified atom stereocenters. The molecular formula is C22H24Cl2N4O5S. The predicted octanol–water partition coefficient (Wildman–Crippen LogP) is 3.18. The Balaban J connectivity index is 1.45. The van der Waals surface area contributed by atoms with E-state index in [0.29, 0.717) is 24.9 Å². The van der Waals surface area contributed by atoms with Crippen LogP contribution in [0.15, 0.2) is 30.3 Å². The average molecular weight is 527 g/mol. The molecule has 1 aliphatic carbocycles. The Morgan fingerprint density at radius 2 is 1.79 bits per heavy atom. The van der Waals surface area contributed by atoms with E-state index in [1.54, 1.807) is 18.2 Å². The van der Waals surface area contributed by atoms with E-state index in [4.69, 9.17) is 27.9 Å². The highest BCUT2D eigenvalue weighted by atomic mass is 35.5. The molecular weight excluding hydrogens is 503 g/mol. The molecule has 0 bridgehead atoms. The van der Waals surface area contributed by atoms with Gasteiger partial charge in [0.05, 0.1) is 28.8 Å². The highest BCUT2D eigenvalue weighted by Crippen LogP contribution is 2.41. The summed E-state index contributed by atoms with van der Waals surface area (Å²) in [6.07, 6.45) is 2.48. The summed E-state index contributed by atoms with van der Waals surface area (Å²) < 4.78 is 35.7. The van der Waals surface area contributed by atoms with Gasteiger partial charge >= 0.3 is 10.2 Å². The number of hydrogen-bond acceptors (Lipinski definition) is 6. The maximum atomic E-state index is 13.6. The number of carbonyl (C=O) groups excluding carboxylic acids is 1. The maximum Gasteiger partial charge on any atom is 0.305 e. The number of nitrogens with one attached hydrogen (secondary N) is 1. The molecule has 2 N–H and O–H groups in total. The number of aromatic nitrogens is 1. The minimum Gasteiger partial charge on any atom is -0.482 e. The molecule has 1 saturated heterocycles. The Bertz CT molecular complexity index is 1200. The SMILES string of the molecule is O=C(Nc1ccc2c(n1)N(S(=O)(=O)N1C[C@H]3CCC[C@H]3C1)C[C@H](CO)O2)c1c(Cl)cccc1Cl. The summed E-state index contributed by atoms with van der Waals surface area (Å²) in [6, 6.07) is 7.74. The van der Waals surface area contributed by atoms with E-state index in [0.717, 1.165) is 19.3 Å². The third-order valence-electron chi connectivity index (χ3n) is 6.67. The lowest BCUT2D eigenvalue weighted by Gasteiger charge is -2.36. The van der Waals surface area contributed by atoms with Gasteiger partial charge in [0.15, 0.2) is 11.6 Å². The van der Waals surface area contributed by atoms with Crippen molar-refractivity contribution in [3.8, 4) is 5.75 Å². The molecule has 9 nitrogen and oxygen atoms in total. The van der Waals surface area contributed by atoms with Gasteiger partial charge in [0.1, 0.15) is 11.9 Å². The lowest BCUT2D eigenvalue weighted by Crippen LogP contribution is -2.51. The standard InChI is InChI=1S/C22H24Cl2N4O5S/c23-16-5-2-6-17(24)20(16)22(30)26-19-8-7-18-21(25-19)28(11-15(12-29)33-18)34(31,32)27-9-13-3-1-4-14(13)10-27/h2,5-8,13-15,29H,1,3-4,9-12H2,(H,25,26,30)/t13-,14+,15-/m1/s1. The number of nitrogens with zero attached hydrogens (tertiary/aromatic N) is 3. The Hall–Kier alpha value is -2.11. The van der Waals surface area contributed by atoms with E-state index in [-0.39, 0.29) is 46.1 Å². The molecule has 1 aromatic heterocycles. The molecule has 0 spiro atoms. The summed E-state index contributed by atoms with van der Waals surface area (Å²) in [5.41, 5.74) is 0.0926. The number of carbonyl (C=O) groups is 1. The summed E-state index contributed by atoms with van der Waals surface area (Å²) in [5, 5.41) is 12.7. The fourth-order valence-corrected chi connectivity index (χ4v) is 7.29. The third-order valence-corrected chi connectivity index (χ3v) is 9.13. The van der Waals surface area contributed by atoms with Crippen LogP contribution in [0.5, 0.6) is 5.75 Å². The van der Waals surface area contributed by atoms with E-state index in [2.05, 4.69) is 10.3 Å². The summed E-state index contributed by atoms with van der Waals surface area (Å²) in [4.78, 5) is 17.2. The molecule has 3 aliphatic rings. The van der Waals surface area contributed by atoms with Crippen LogP contribution in [0.2, 0.25) is 10.0 Å². The fraction of sp³-hybridized carbons (Fsp3) is 0.455. The molecule has 0 radical (unpaired) electrons. The highest BCUT2D eigenvalue weighted by molar-refractivity contribution is 7.90. The molecule has 182 valence electrons. The van der Waals surface area contributed by atoms with Crippen LogP contribution in [0.25, 0.3) is 0 Å². The topological polar surface area (TPSA) is 112 Å². The maximum absolute atomic E-state index is 13.6. The van der Waals surface area contributed by atoms with Crippen molar-refractivity contribution in [2.75, 3.05) is 35.9 Å². The Morgan fingerprint density at radius 3 is 2.44 bits per heavy atom. The van der Waals surface area contributed by atoms with E-state index in [1.807, 2.05) is 0 Å². The number of hydrogen-bond donors (Lipinski definition) is 2. The number of aliphatic hydroxyl groups excluding tert-OH is 1. The van der Waals surface area contributed by atoms with Gasteiger partial charge in [-0.05, 0) is 48.9 Å².